The average Bonchev–Trinajstić information content (AvgIpc) is 3.06. The zero-order valence-electron chi connectivity index (χ0n) is 15.2. The predicted octanol–water partition coefficient (Wildman–Crippen LogP) is 5.98. The van der Waals surface area contributed by atoms with Gasteiger partial charge in [-0.2, -0.15) is 5.10 Å². The second-order valence-electron chi connectivity index (χ2n) is 6.48. The molecule has 0 N–H and O–H groups in total. The molecule has 3 aromatic carbocycles. The maximum Gasteiger partial charge on any atom is 0.101 e. The minimum Gasteiger partial charge on any atom is -0.267 e. The van der Waals surface area contributed by atoms with Crippen LogP contribution < -0.4 is 0 Å². The van der Waals surface area contributed by atoms with Gasteiger partial charge in [0, 0.05) is 23.7 Å². The number of hydrogen-bond donors (Lipinski definition) is 0. The fourth-order valence-electron chi connectivity index (χ4n) is 3.43. The lowest BCUT2D eigenvalue weighted by Crippen LogP contribution is -1.94. The molecule has 0 spiro atoms. The Morgan fingerprint density at radius 1 is 0.692 bits per heavy atom. The van der Waals surface area contributed by atoms with Crippen molar-refractivity contribution in [2.75, 3.05) is 0 Å². The van der Waals surface area contributed by atoms with Crippen LogP contribution in [0.15, 0.2) is 84.9 Å². The fraction of sp³-hybridized carbons (Fsp3) is 0.125. The third-order valence-electron chi connectivity index (χ3n) is 4.79. The number of rotatable bonds is 4. The molecule has 0 aliphatic heterocycles. The van der Waals surface area contributed by atoms with E-state index in [0.29, 0.717) is 0 Å². The summed E-state index contributed by atoms with van der Waals surface area (Å²) >= 11 is 0. The summed E-state index contributed by atoms with van der Waals surface area (Å²) < 4.78 is 2.01. The van der Waals surface area contributed by atoms with Crippen molar-refractivity contribution >= 4 is 0 Å². The summed E-state index contributed by atoms with van der Waals surface area (Å²) in [6.07, 6.45) is 1.05. The first-order chi connectivity index (χ1) is 12.8. The van der Waals surface area contributed by atoms with Crippen LogP contribution in [0, 0.1) is 0 Å². The molecular weight excluding hydrogens is 316 g/mol. The van der Waals surface area contributed by atoms with Crippen LogP contribution in [0.1, 0.15) is 12.5 Å². The first-order valence-corrected chi connectivity index (χ1v) is 9.05. The van der Waals surface area contributed by atoms with Crippen molar-refractivity contribution < 1.29 is 0 Å². The monoisotopic (exact) mass is 338 g/mol. The lowest BCUT2D eigenvalue weighted by atomic mass is 9.95. The van der Waals surface area contributed by atoms with Crippen molar-refractivity contribution in [2.24, 2.45) is 7.05 Å². The second kappa shape index (κ2) is 7.01. The van der Waals surface area contributed by atoms with Crippen LogP contribution in [0.2, 0.25) is 0 Å². The zero-order valence-corrected chi connectivity index (χ0v) is 15.2. The summed E-state index contributed by atoms with van der Waals surface area (Å²) in [6, 6.07) is 29.8. The predicted molar refractivity (Wildman–Crippen MR) is 109 cm³/mol. The van der Waals surface area contributed by atoms with Gasteiger partial charge in [0.05, 0.1) is 5.69 Å². The molecule has 0 bridgehead atoms. The SMILES string of the molecule is CCc1ccc(-c2c(-c3ccccc3)c(-c3ccccc3)nn2C)cc1. The zero-order chi connectivity index (χ0) is 17.9. The minimum atomic E-state index is 1.02. The number of hydrogen-bond acceptors (Lipinski definition) is 1. The Morgan fingerprint density at radius 3 is 1.85 bits per heavy atom. The standard InChI is InChI=1S/C24H22N2/c1-3-18-14-16-21(17-15-18)24-22(19-10-6-4-7-11-19)23(25-26(24)2)20-12-8-5-9-13-20/h4-17H,3H2,1-2H3. The van der Waals surface area contributed by atoms with Crippen molar-refractivity contribution in [3.8, 4) is 33.6 Å². The molecule has 0 unspecified atom stereocenters. The van der Waals surface area contributed by atoms with Crippen LogP contribution in [0.3, 0.4) is 0 Å². The van der Waals surface area contributed by atoms with E-state index in [9.17, 15) is 0 Å². The highest BCUT2D eigenvalue weighted by molar-refractivity contribution is 5.91. The molecule has 0 saturated heterocycles. The first kappa shape index (κ1) is 16.3. The number of nitrogens with zero attached hydrogens (tertiary/aromatic N) is 2. The van der Waals surface area contributed by atoms with Gasteiger partial charge in [0.1, 0.15) is 5.69 Å². The third kappa shape index (κ3) is 2.95. The van der Waals surface area contributed by atoms with Gasteiger partial charge in [-0.25, -0.2) is 0 Å². The average molecular weight is 338 g/mol. The molecule has 26 heavy (non-hydrogen) atoms. The summed E-state index contributed by atoms with van der Waals surface area (Å²) in [5.74, 6) is 0. The molecule has 128 valence electrons. The van der Waals surface area contributed by atoms with Gasteiger partial charge in [0.15, 0.2) is 0 Å². The van der Waals surface area contributed by atoms with Gasteiger partial charge in [-0.05, 0) is 17.5 Å². The van der Waals surface area contributed by atoms with E-state index in [4.69, 9.17) is 5.10 Å². The van der Waals surface area contributed by atoms with E-state index in [1.807, 2.05) is 17.8 Å². The highest BCUT2D eigenvalue weighted by Crippen LogP contribution is 2.39. The Balaban J connectivity index is 1.97. The molecule has 0 aliphatic rings. The van der Waals surface area contributed by atoms with E-state index in [-0.39, 0.29) is 0 Å². The molecule has 0 radical (unpaired) electrons. The Labute approximate surface area is 154 Å². The Morgan fingerprint density at radius 2 is 1.27 bits per heavy atom. The van der Waals surface area contributed by atoms with Gasteiger partial charge in [-0.15, -0.1) is 0 Å². The summed E-state index contributed by atoms with van der Waals surface area (Å²) in [5, 5.41) is 4.89. The van der Waals surface area contributed by atoms with Crippen LogP contribution in [0.5, 0.6) is 0 Å². The maximum absolute atomic E-state index is 4.89. The van der Waals surface area contributed by atoms with Crippen molar-refractivity contribution in [1.29, 1.82) is 0 Å². The van der Waals surface area contributed by atoms with Crippen LogP contribution in [0.4, 0.5) is 0 Å². The van der Waals surface area contributed by atoms with Gasteiger partial charge >= 0.3 is 0 Å². The molecule has 1 heterocycles. The molecular formula is C24H22N2. The number of aryl methyl sites for hydroxylation is 2. The molecule has 0 fully saturated rings. The lowest BCUT2D eigenvalue weighted by Gasteiger charge is -2.09. The van der Waals surface area contributed by atoms with Gasteiger partial charge < -0.3 is 0 Å². The van der Waals surface area contributed by atoms with Crippen molar-refractivity contribution in [2.45, 2.75) is 13.3 Å². The summed E-state index contributed by atoms with van der Waals surface area (Å²) in [5.41, 5.74) is 8.22. The molecule has 0 atom stereocenters. The molecule has 1 aromatic heterocycles. The molecule has 4 aromatic rings. The smallest absolute Gasteiger partial charge is 0.101 e. The van der Waals surface area contributed by atoms with Crippen LogP contribution in [0.25, 0.3) is 33.6 Å². The van der Waals surface area contributed by atoms with E-state index < -0.39 is 0 Å². The van der Waals surface area contributed by atoms with E-state index in [0.717, 1.165) is 23.4 Å². The molecule has 2 nitrogen and oxygen atoms in total. The maximum atomic E-state index is 4.89. The lowest BCUT2D eigenvalue weighted by molar-refractivity contribution is 0.779. The normalized spacial score (nSPS) is 10.8. The number of benzene rings is 3. The number of aromatic nitrogens is 2. The Hall–Kier alpha value is -3.13. The van der Waals surface area contributed by atoms with Crippen LogP contribution in [-0.2, 0) is 13.5 Å². The third-order valence-corrected chi connectivity index (χ3v) is 4.79. The van der Waals surface area contributed by atoms with E-state index >= 15 is 0 Å². The van der Waals surface area contributed by atoms with Gasteiger partial charge in [-0.1, -0.05) is 91.9 Å². The topological polar surface area (TPSA) is 17.8 Å². The van der Waals surface area contributed by atoms with E-state index in [2.05, 4.69) is 85.8 Å². The Kier molecular flexibility index (Phi) is 4.40. The Bertz CT molecular complexity index is 998. The highest BCUT2D eigenvalue weighted by atomic mass is 15.3. The van der Waals surface area contributed by atoms with E-state index in [1.54, 1.807) is 0 Å². The summed E-state index contributed by atoms with van der Waals surface area (Å²) in [7, 11) is 2.03. The molecule has 0 amide bonds. The largest absolute Gasteiger partial charge is 0.267 e. The van der Waals surface area contributed by atoms with Gasteiger partial charge in [0.2, 0.25) is 0 Å². The van der Waals surface area contributed by atoms with Gasteiger partial charge in [-0.3, -0.25) is 4.68 Å². The van der Waals surface area contributed by atoms with E-state index in [1.165, 1.54) is 22.3 Å². The summed E-state index contributed by atoms with van der Waals surface area (Å²) in [4.78, 5) is 0. The first-order valence-electron chi connectivity index (χ1n) is 9.05. The molecule has 2 heteroatoms. The minimum absolute atomic E-state index is 1.02. The molecule has 4 rings (SSSR count). The fourth-order valence-corrected chi connectivity index (χ4v) is 3.43. The van der Waals surface area contributed by atoms with Crippen LogP contribution in [-0.4, -0.2) is 9.78 Å². The van der Waals surface area contributed by atoms with Crippen molar-refractivity contribution in [1.82, 2.24) is 9.78 Å². The molecule has 0 saturated carbocycles. The van der Waals surface area contributed by atoms with Crippen molar-refractivity contribution in [3.05, 3.63) is 90.5 Å². The highest BCUT2D eigenvalue weighted by Gasteiger charge is 2.20. The molecule has 0 aliphatic carbocycles. The second-order valence-corrected chi connectivity index (χ2v) is 6.48. The summed E-state index contributed by atoms with van der Waals surface area (Å²) in [6.45, 7) is 2.18. The van der Waals surface area contributed by atoms with Crippen molar-refractivity contribution in [3.63, 3.8) is 0 Å². The van der Waals surface area contributed by atoms with Gasteiger partial charge in [0.25, 0.3) is 0 Å². The quantitative estimate of drug-likeness (QED) is 0.447. The van der Waals surface area contributed by atoms with Crippen LogP contribution >= 0.6 is 0 Å².